The smallest absolute Gasteiger partial charge is 0.123 e. The maximum Gasteiger partial charge on any atom is 0.123 e. The molecule has 0 fully saturated rings. The number of hydrogen-bond acceptors (Lipinski definition) is 2. The van der Waals surface area contributed by atoms with Crippen molar-refractivity contribution in [3.63, 3.8) is 0 Å². The van der Waals surface area contributed by atoms with Gasteiger partial charge in [0.1, 0.15) is 5.82 Å². The molecule has 0 radical (unpaired) electrons. The van der Waals surface area contributed by atoms with Gasteiger partial charge in [-0.05, 0) is 42.6 Å². The summed E-state index contributed by atoms with van der Waals surface area (Å²) in [4.78, 5) is 2.24. The third-order valence-corrected chi connectivity index (χ3v) is 3.72. The molecule has 0 aliphatic heterocycles. The molecule has 0 aromatic heterocycles. The Balaban J connectivity index is 2.87. The fourth-order valence-corrected chi connectivity index (χ4v) is 2.01. The van der Waals surface area contributed by atoms with E-state index in [1.54, 1.807) is 12.1 Å². The predicted molar refractivity (Wildman–Crippen MR) is 74.7 cm³/mol. The van der Waals surface area contributed by atoms with Gasteiger partial charge in [0.25, 0.3) is 0 Å². The van der Waals surface area contributed by atoms with Crippen LogP contribution >= 0.6 is 0 Å². The molecule has 3 heteroatoms. The Labute approximate surface area is 110 Å². The summed E-state index contributed by atoms with van der Waals surface area (Å²) in [6, 6.07) is 5.25. The van der Waals surface area contributed by atoms with Gasteiger partial charge in [-0.25, -0.2) is 4.39 Å². The second-order valence-electron chi connectivity index (χ2n) is 6.07. The Hall–Kier alpha value is -0.930. The second-order valence-corrected chi connectivity index (χ2v) is 6.07. The molecule has 0 heterocycles. The quantitative estimate of drug-likeness (QED) is 0.892. The number of rotatable bonds is 4. The molecule has 0 aliphatic carbocycles. The fraction of sp³-hybridized carbons (Fsp3) is 0.600. The summed E-state index contributed by atoms with van der Waals surface area (Å²) >= 11 is 0. The van der Waals surface area contributed by atoms with E-state index >= 15 is 0 Å². The molecule has 1 unspecified atom stereocenters. The van der Waals surface area contributed by atoms with E-state index in [-0.39, 0.29) is 11.2 Å². The Kier molecular flexibility index (Phi) is 4.88. The van der Waals surface area contributed by atoms with Gasteiger partial charge in [-0.15, -0.1) is 0 Å². The van der Waals surface area contributed by atoms with Crippen molar-refractivity contribution in [2.24, 2.45) is 11.1 Å². The molecule has 1 aromatic rings. The first-order valence-corrected chi connectivity index (χ1v) is 6.43. The number of benzene rings is 1. The molecule has 0 spiro atoms. The molecule has 1 rings (SSSR count). The van der Waals surface area contributed by atoms with E-state index in [0.29, 0.717) is 12.6 Å². The van der Waals surface area contributed by atoms with Gasteiger partial charge in [-0.1, -0.05) is 26.8 Å². The molecule has 1 atom stereocenters. The summed E-state index contributed by atoms with van der Waals surface area (Å²) in [5, 5.41) is 0. The molecule has 102 valence electrons. The van der Waals surface area contributed by atoms with Gasteiger partial charge < -0.3 is 5.73 Å². The van der Waals surface area contributed by atoms with Gasteiger partial charge in [0.2, 0.25) is 0 Å². The van der Waals surface area contributed by atoms with Crippen molar-refractivity contribution in [1.29, 1.82) is 0 Å². The van der Waals surface area contributed by atoms with Gasteiger partial charge in [0.05, 0.1) is 0 Å². The van der Waals surface area contributed by atoms with Crippen molar-refractivity contribution in [3.8, 4) is 0 Å². The maximum absolute atomic E-state index is 13.3. The lowest BCUT2D eigenvalue weighted by atomic mass is 9.87. The first-order chi connectivity index (χ1) is 8.25. The van der Waals surface area contributed by atoms with Crippen molar-refractivity contribution >= 4 is 0 Å². The largest absolute Gasteiger partial charge is 0.326 e. The number of nitrogens with two attached hydrogens (primary N) is 1. The van der Waals surface area contributed by atoms with E-state index in [9.17, 15) is 4.39 Å². The Morgan fingerprint density at radius 1 is 1.28 bits per heavy atom. The summed E-state index contributed by atoms with van der Waals surface area (Å²) < 4.78 is 13.3. The lowest BCUT2D eigenvalue weighted by molar-refractivity contribution is 0.134. The predicted octanol–water partition coefficient (Wildman–Crippen LogP) is 3.15. The first kappa shape index (κ1) is 15.1. The molecule has 0 saturated heterocycles. The Morgan fingerprint density at radius 3 is 2.39 bits per heavy atom. The average Bonchev–Trinajstić information content (AvgIpc) is 2.27. The lowest BCUT2D eigenvalue weighted by Crippen LogP contribution is -2.39. The SMILES string of the molecule is CC(N(C)Cc1cc(F)ccc1CN)C(C)(C)C. The Morgan fingerprint density at radius 2 is 1.89 bits per heavy atom. The van der Waals surface area contributed by atoms with Crippen LogP contribution in [0.25, 0.3) is 0 Å². The van der Waals surface area contributed by atoms with Crippen molar-refractivity contribution in [2.75, 3.05) is 7.05 Å². The van der Waals surface area contributed by atoms with Gasteiger partial charge in [0.15, 0.2) is 0 Å². The van der Waals surface area contributed by atoms with E-state index in [1.807, 2.05) is 0 Å². The molecular weight excluding hydrogens is 227 g/mol. The third-order valence-electron chi connectivity index (χ3n) is 3.72. The van der Waals surface area contributed by atoms with Crippen LogP contribution in [0.4, 0.5) is 4.39 Å². The van der Waals surface area contributed by atoms with Crippen LogP contribution in [0.3, 0.4) is 0 Å². The molecule has 0 amide bonds. The zero-order chi connectivity index (χ0) is 13.9. The van der Waals surface area contributed by atoms with Crippen molar-refractivity contribution < 1.29 is 4.39 Å². The molecule has 2 nitrogen and oxygen atoms in total. The van der Waals surface area contributed by atoms with E-state index < -0.39 is 0 Å². The fourth-order valence-electron chi connectivity index (χ4n) is 2.01. The van der Waals surface area contributed by atoms with Crippen LogP contribution in [0, 0.1) is 11.2 Å². The molecule has 1 aromatic carbocycles. The highest BCUT2D eigenvalue weighted by Gasteiger charge is 2.24. The highest BCUT2D eigenvalue weighted by molar-refractivity contribution is 5.27. The second kappa shape index (κ2) is 5.81. The molecule has 2 N–H and O–H groups in total. The zero-order valence-electron chi connectivity index (χ0n) is 12.1. The summed E-state index contributed by atoms with van der Waals surface area (Å²) in [5.41, 5.74) is 7.90. The van der Waals surface area contributed by atoms with E-state index in [4.69, 9.17) is 5.73 Å². The van der Waals surface area contributed by atoms with Crippen LogP contribution in [0.1, 0.15) is 38.8 Å². The normalized spacial score (nSPS) is 14.0. The molecule has 0 saturated carbocycles. The van der Waals surface area contributed by atoms with Crippen LogP contribution in [0.15, 0.2) is 18.2 Å². The minimum atomic E-state index is -0.195. The average molecular weight is 252 g/mol. The van der Waals surface area contributed by atoms with Crippen LogP contribution in [0.5, 0.6) is 0 Å². The van der Waals surface area contributed by atoms with Gasteiger partial charge in [-0.3, -0.25) is 4.90 Å². The van der Waals surface area contributed by atoms with Crippen LogP contribution in [0.2, 0.25) is 0 Å². The standard InChI is InChI=1S/C15H25FN2/c1-11(15(2,3)4)18(5)10-13-8-14(16)7-6-12(13)9-17/h6-8,11H,9-10,17H2,1-5H3. The summed E-state index contributed by atoms with van der Waals surface area (Å²) in [5.74, 6) is -0.195. The summed E-state index contributed by atoms with van der Waals surface area (Å²) in [7, 11) is 2.07. The lowest BCUT2D eigenvalue weighted by Gasteiger charge is -2.35. The minimum absolute atomic E-state index is 0.195. The van der Waals surface area contributed by atoms with E-state index in [2.05, 4.69) is 39.6 Å². The molecular formula is C15H25FN2. The van der Waals surface area contributed by atoms with Crippen LogP contribution < -0.4 is 5.73 Å². The number of nitrogens with zero attached hydrogens (tertiary/aromatic N) is 1. The first-order valence-electron chi connectivity index (χ1n) is 6.43. The topological polar surface area (TPSA) is 29.3 Å². The summed E-state index contributed by atoms with van der Waals surface area (Å²) in [6.45, 7) is 10.0. The molecule has 18 heavy (non-hydrogen) atoms. The molecule has 0 aliphatic rings. The van der Waals surface area contributed by atoms with Crippen LogP contribution in [-0.2, 0) is 13.1 Å². The Bertz CT molecular complexity index is 396. The highest BCUT2D eigenvalue weighted by atomic mass is 19.1. The van der Waals surface area contributed by atoms with Gasteiger partial charge in [0, 0.05) is 19.1 Å². The highest BCUT2D eigenvalue weighted by Crippen LogP contribution is 2.25. The minimum Gasteiger partial charge on any atom is -0.326 e. The molecule has 0 bridgehead atoms. The van der Waals surface area contributed by atoms with E-state index in [0.717, 1.165) is 17.7 Å². The van der Waals surface area contributed by atoms with Crippen molar-refractivity contribution in [2.45, 2.75) is 46.8 Å². The summed E-state index contributed by atoms with van der Waals surface area (Å²) in [6.07, 6.45) is 0. The monoisotopic (exact) mass is 252 g/mol. The third kappa shape index (κ3) is 3.79. The van der Waals surface area contributed by atoms with E-state index in [1.165, 1.54) is 6.07 Å². The van der Waals surface area contributed by atoms with Crippen LogP contribution in [-0.4, -0.2) is 18.0 Å². The van der Waals surface area contributed by atoms with Gasteiger partial charge in [-0.2, -0.15) is 0 Å². The maximum atomic E-state index is 13.3. The van der Waals surface area contributed by atoms with Crippen molar-refractivity contribution in [3.05, 3.63) is 35.1 Å². The number of hydrogen-bond donors (Lipinski definition) is 1. The number of halogens is 1. The van der Waals surface area contributed by atoms with Crippen molar-refractivity contribution in [1.82, 2.24) is 4.90 Å². The zero-order valence-corrected chi connectivity index (χ0v) is 12.1. The van der Waals surface area contributed by atoms with Gasteiger partial charge >= 0.3 is 0 Å².